The molecule has 2 fully saturated rings. The largest absolute Gasteiger partial charge is 0.366 e. The summed E-state index contributed by atoms with van der Waals surface area (Å²) < 4.78 is 13.8. The smallest absolute Gasteiger partial charge is 0.193 e. The number of rotatable bonds is 2. The Balaban J connectivity index is 0.00000176. The summed E-state index contributed by atoms with van der Waals surface area (Å²) in [7, 11) is 1.83. The molecule has 1 saturated carbocycles. The van der Waals surface area contributed by atoms with E-state index < -0.39 is 0 Å². The number of anilines is 1. The third kappa shape index (κ3) is 3.83. The van der Waals surface area contributed by atoms with E-state index >= 15 is 0 Å². The predicted octanol–water partition coefficient (Wildman–Crippen LogP) is 2.55. The van der Waals surface area contributed by atoms with E-state index in [1.807, 2.05) is 19.2 Å². The summed E-state index contributed by atoms with van der Waals surface area (Å²) in [6.07, 6.45) is 1.23. The average Bonchev–Trinajstić information content (AvgIpc) is 3.21. The van der Waals surface area contributed by atoms with Crippen LogP contribution in [-0.2, 0) is 0 Å². The maximum absolute atomic E-state index is 13.8. The highest BCUT2D eigenvalue weighted by Gasteiger charge is 2.34. The Bertz CT molecular complexity index is 529. The third-order valence-corrected chi connectivity index (χ3v) is 4.41. The first-order valence-corrected chi connectivity index (χ1v) is 7.67. The monoisotopic (exact) mass is 418 g/mol. The van der Waals surface area contributed by atoms with Crippen molar-refractivity contribution in [3.8, 4) is 0 Å². The van der Waals surface area contributed by atoms with Crippen molar-refractivity contribution in [2.75, 3.05) is 38.1 Å². The van der Waals surface area contributed by atoms with Crippen LogP contribution in [0.4, 0.5) is 10.1 Å². The van der Waals surface area contributed by atoms with Crippen LogP contribution < -0.4 is 10.2 Å². The van der Waals surface area contributed by atoms with Gasteiger partial charge in [-0.2, -0.15) is 0 Å². The molecular formula is C16H24FIN4. The first-order valence-electron chi connectivity index (χ1n) is 7.67. The van der Waals surface area contributed by atoms with Gasteiger partial charge in [0.2, 0.25) is 0 Å². The van der Waals surface area contributed by atoms with Gasteiger partial charge in [-0.1, -0.05) is 19.1 Å². The van der Waals surface area contributed by atoms with E-state index in [0.717, 1.165) is 38.1 Å². The van der Waals surface area contributed by atoms with Crippen LogP contribution in [0.5, 0.6) is 0 Å². The Labute approximate surface area is 148 Å². The number of piperazine rings is 1. The van der Waals surface area contributed by atoms with E-state index in [9.17, 15) is 4.39 Å². The van der Waals surface area contributed by atoms with Crippen LogP contribution in [-0.4, -0.2) is 50.1 Å². The number of halogens is 2. The van der Waals surface area contributed by atoms with Gasteiger partial charge in [-0.05, 0) is 24.5 Å². The van der Waals surface area contributed by atoms with Crippen molar-refractivity contribution in [1.82, 2.24) is 10.2 Å². The fourth-order valence-electron chi connectivity index (χ4n) is 2.85. The van der Waals surface area contributed by atoms with Crippen molar-refractivity contribution in [2.45, 2.75) is 19.4 Å². The molecule has 4 nitrogen and oxygen atoms in total. The molecule has 1 saturated heterocycles. The van der Waals surface area contributed by atoms with E-state index in [1.54, 1.807) is 6.07 Å². The first-order chi connectivity index (χ1) is 10.2. The lowest BCUT2D eigenvalue weighted by molar-refractivity contribution is 0.370. The zero-order valence-electron chi connectivity index (χ0n) is 13.1. The van der Waals surface area contributed by atoms with Crippen LogP contribution in [0.2, 0.25) is 0 Å². The Morgan fingerprint density at radius 3 is 2.41 bits per heavy atom. The predicted molar refractivity (Wildman–Crippen MR) is 99.7 cm³/mol. The molecule has 122 valence electrons. The van der Waals surface area contributed by atoms with Crippen LogP contribution >= 0.6 is 24.0 Å². The molecule has 0 amide bonds. The van der Waals surface area contributed by atoms with Gasteiger partial charge >= 0.3 is 0 Å². The number of aliphatic imine (C=N–C) groups is 1. The molecule has 22 heavy (non-hydrogen) atoms. The van der Waals surface area contributed by atoms with Gasteiger partial charge in [0.25, 0.3) is 0 Å². The zero-order chi connectivity index (χ0) is 14.8. The number of guanidine groups is 1. The minimum Gasteiger partial charge on any atom is -0.366 e. The second-order valence-electron chi connectivity index (χ2n) is 5.94. The van der Waals surface area contributed by atoms with Gasteiger partial charge in [0.15, 0.2) is 5.96 Å². The normalized spacial score (nSPS) is 24.8. The lowest BCUT2D eigenvalue weighted by atomic mass is 10.2. The Kier molecular flexibility index (Phi) is 5.88. The highest BCUT2D eigenvalue weighted by atomic mass is 127. The molecule has 0 spiro atoms. The van der Waals surface area contributed by atoms with E-state index in [2.05, 4.69) is 27.0 Å². The third-order valence-electron chi connectivity index (χ3n) is 4.41. The zero-order valence-corrected chi connectivity index (χ0v) is 15.5. The summed E-state index contributed by atoms with van der Waals surface area (Å²) in [6, 6.07) is 7.58. The number of hydrogen-bond donors (Lipinski definition) is 1. The summed E-state index contributed by atoms with van der Waals surface area (Å²) in [6.45, 7) is 5.63. The SMILES string of the molecule is CN=C(NC1CC1C)N1CCN(c2ccccc2F)CC1.I. The van der Waals surface area contributed by atoms with Gasteiger partial charge in [0.1, 0.15) is 5.82 Å². The molecule has 6 heteroatoms. The lowest BCUT2D eigenvalue weighted by Gasteiger charge is -2.37. The number of benzene rings is 1. The highest BCUT2D eigenvalue weighted by Crippen LogP contribution is 2.29. The Hall–Kier alpha value is -1.05. The number of nitrogens with one attached hydrogen (secondary N) is 1. The minimum absolute atomic E-state index is 0. The molecule has 1 heterocycles. The van der Waals surface area contributed by atoms with E-state index in [-0.39, 0.29) is 29.8 Å². The van der Waals surface area contributed by atoms with Crippen LogP contribution in [0, 0.1) is 11.7 Å². The summed E-state index contributed by atoms with van der Waals surface area (Å²) in [5.41, 5.74) is 0.705. The molecule has 2 atom stereocenters. The molecule has 1 aliphatic heterocycles. The number of nitrogens with zero attached hydrogens (tertiary/aromatic N) is 3. The van der Waals surface area contributed by atoms with Gasteiger partial charge < -0.3 is 15.1 Å². The molecule has 1 N–H and O–H groups in total. The molecule has 1 aromatic carbocycles. The lowest BCUT2D eigenvalue weighted by Crippen LogP contribution is -2.53. The highest BCUT2D eigenvalue weighted by molar-refractivity contribution is 14.0. The number of para-hydroxylation sites is 1. The Morgan fingerprint density at radius 2 is 1.86 bits per heavy atom. The molecular weight excluding hydrogens is 394 g/mol. The van der Waals surface area contributed by atoms with Gasteiger partial charge in [-0.15, -0.1) is 24.0 Å². The van der Waals surface area contributed by atoms with E-state index in [1.165, 1.54) is 12.5 Å². The maximum Gasteiger partial charge on any atom is 0.193 e. The second-order valence-corrected chi connectivity index (χ2v) is 5.94. The van der Waals surface area contributed by atoms with E-state index in [4.69, 9.17) is 0 Å². The van der Waals surface area contributed by atoms with Gasteiger partial charge in [-0.25, -0.2) is 4.39 Å². The van der Waals surface area contributed by atoms with Crippen molar-refractivity contribution in [1.29, 1.82) is 0 Å². The molecule has 0 aromatic heterocycles. The van der Waals surface area contributed by atoms with Crippen LogP contribution in [0.15, 0.2) is 29.3 Å². The standard InChI is InChI=1S/C16H23FN4.HI/c1-12-11-14(12)19-16(18-2)21-9-7-20(8-10-21)15-6-4-3-5-13(15)17;/h3-6,12,14H,7-11H2,1-2H3,(H,18,19);1H. The van der Waals surface area contributed by atoms with Crippen molar-refractivity contribution in [3.63, 3.8) is 0 Å². The second kappa shape index (κ2) is 7.48. The van der Waals surface area contributed by atoms with Crippen molar-refractivity contribution in [3.05, 3.63) is 30.1 Å². The van der Waals surface area contributed by atoms with E-state index in [0.29, 0.717) is 11.7 Å². The molecule has 3 rings (SSSR count). The quantitative estimate of drug-likeness (QED) is 0.455. The summed E-state index contributed by atoms with van der Waals surface area (Å²) in [4.78, 5) is 8.76. The topological polar surface area (TPSA) is 30.9 Å². The molecule has 1 aromatic rings. The fraction of sp³-hybridized carbons (Fsp3) is 0.562. The van der Waals surface area contributed by atoms with Gasteiger partial charge in [0, 0.05) is 39.3 Å². The minimum atomic E-state index is -0.139. The molecule has 2 unspecified atom stereocenters. The van der Waals surface area contributed by atoms with Crippen molar-refractivity contribution < 1.29 is 4.39 Å². The van der Waals surface area contributed by atoms with Crippen LogP contribution in [0.1, 0.15) is 13.3 Å². The average molecular weight is 418 g/mol. The Morgan fingerprint density at radius 1 is 1.23 bits per heavy atom. The van der Waals surface area contributed by atoms with Crippen LogP contribution in [0.25, 0.3) is 0 Å². The van der Waals surface area contributed by atoms with Gasteiger partial charge in [-0.3, -0.25) is 4.99 Å². The molecule has 0 bridgehead atoms. The molecule has 0 radical (unpaired) electrons. The van der Waals surface area contributed by atoms with Crippen molar-refractivity contribution >= 4 is 35.6 Å². The van der Waals surface area contributed by atoms with Crippen molar-refractivity contribution in [2.24, 2.45) is 10.9 Å². The molecule has 2 aliphatic rings. The summed E-state index contributed by atoms with van der Waals surface area (Å²) in [5, 5.41) is 3.51. The summed E-state index contributed by atoms with van der Waals surface area (Å²) in [5.74, 6) is 1.60. The first kappa shape index (κ1) is 17.3. The van der Waals surface area contributed by atoms with Gasteiger partial charge in [0.05, 0.1) is 5.69 Å². The maximum atomic E-state index is 13.8. The summed E-state index contributed by atoms with van der Waals surface area (Å²) >= 11 is 0. The van der Waals surface area contributed by atoms with Crippen LogP contribution in [0.3, 0.4) is 0 Å². The fourth-order valence-corrected chi connectivity index (χ4v) is 2.85. The molecule has 1 aliphatic carbocycles. The number of hydrogen-bond acceptors (Lipinski definition) is 2.